The highest BCUT2D eigenvalue weighted by molar-refractivity contribution is 8.00. The van der Waals surface area contributed by atoms with Crippen molar-refractivity contribution in [3.05, 3.63) is 105 Å². The third kappa shape index (κ3) is 5.20. The molecule has 0 aliphatic carbocycles. The Morgan fingerprint density at radius 3 is 2.32 bits per heavy atom. The number of carbonyl (C=O) groups excluding carboxylic acids is 4. The van der Waals surface area contributed by atoms with Crippen molar-refractivity contribution in [1.82, 2.24) is 4.57 Å². The zero-order valence-electron chi connectivity index (χ0n) is 23.7. The van der Waals surface area contributed by atoms with Gasteiger partial charge in [0.25, 0.3) is 0 Å². The Balaban J connectivity index is 1.40. The number of hydrogen-bond donors (Lipinski definition) is 1. The Hall–Kier alpha value is -4.68. The minimum atomic E-state index is -0.868. The van der Waals surface area contributed by atoms with Gasteiger partial charge in [-0.05, 0) is 49.4 Å². The largest absolute Gasteiger partial charge is 0.496 e. The molecule has 12 heteroatoms. The summed E-state index contributed by atoms with van der Waals surface area (Å²) in [6.45, 7) is 1.67. The van der Waals surface area contributed by atoms with Crippen molar-refractivity contribution in [3.8, 4) is 5.75 Å². The molecule has 1 fully saturated rings. The van der Waals surface area contributed by atoms with Crippen molar-refractivity contribution in [2.24, 2.45) is 5.92 Å². The smallest absolute Gasteiger partial charge is 0.338 e. The van der Waals surface area contributed by atoms with Crippen LogP contribution in [-0.4, -0.2) is 47.2 Å². The average Bonchev–Trinajstić information content (AvgIpc) is 3.47. The summed E-state index contributed by atoms with van der Waals surface area (Å²) >= 11 is 2.09. The van der Waals surface area contributed by atoms with Crippen molar-refractivity contribution in [1.29, 1.82) is 0 Å². The van der Waals surface area contributed by atoms with E-state index in [0.717, 1.165) is 28.0 Å². The number of esters is 1. The fourth-order valence-corrected chi connectivity index (χ4v) is 8.36. The fourth-order valence-electron chi connectivity index (χ4n) is 5.59. The zero-order chi connectivity index (χ0) is 31.0. The number of nitrogens with zero attached hydrogens (tertiary/aromatic N) is 2. The van der Waals surface area contributed by atoms with E-state index in [1.54, 1.807) is 55.5 Å². The van der Waals surface area contributed by atoms with Crippen molar-refractivity contribution < 1.29 is 28.7 Å². The first kappa shape index (κ1) is 29.4. The third-order valence-electron chi connectivity index (χ3n) is 7.52. The number of amides is 3. The Kier molecular flexibility index (Phi) is 8.11. The zero-order valence-corrected chi connectivity index (χ0v) is 25.4. The molecule has 0 bridgehead atoms. The predicted molar refractivity (Wildman–Crippen MR) is 167 cm³/mol. The van der Waals surface area contributed by atoms with Gasteiger partial charge >= 0.3 is 10.8 Å². The van der Waals surface area contributed by atoms with Crippen LogP contribution in [0.1, 0.15) is 33.6 Å². The van der Waals surface area contributed by atoms with E-state index < -0.39 is 40.8 Å². The molecule has 3 atom stereocenters. The number of fused-ring (bicyclic) bond motifs is 2. The van der Waals surface area contributed by atoms with Crippen molar-refractivity contribution >= 4 is 58.2 Å². The second-order valence-corrected chi connectivity index (χ2v) is 12.2. The molecule has 10 nitrogen and oxygen atoms in total. The lowest BCUT2D eigenvalue weighted by molar-refractivity contribution is -0.122. The molecule has 3 aromatic carbocycles. The Bertz CT molecular complexity index is 1820. The first-order valence-corrected chi connectivity index (χ1v) is 15.5. The number of para-hydroxylation sites is 2. The molecule has 3 amide bonds. The van der Waals surface area contributed by atoms with Crippen LogP contribution < -0.4 is 19.8 Å². The fraction of sp³-hybridized carbons (Fsp3) is 0.219. The van der Waals surface area contributed by atoms with Crippen LogP contribution in [0.3, 0.4) is 0 Å². The Labute approximate surface area is 260 Å². The molecular formula is C32H27N3O7S2. The summed E-state index contributed by atoms with van der Waals surface area (Å²) in [5.74, 6) is -2.77. The van der Waals surface area contributed by atoms with Crippen molar-refractivity contribution in [2.45, 2.75) is 29.7 Å². The van der Waals surface area contributed by atoms with Crippen LogP contribution >= 0.6 is 23.1 Å². The molecule has 3 heterocycles. The summed E-state index contributed by atoms with van der Waals surface area (Å²) in [4.78, 5) is 68.1. The Morgan fingerprint density at radius 1 is 0.909 bits per heavy atom. The number of thiazole rings is 1. The van der Waals surface area contributed by atoms with Crippen LogP contribution in [0.5, 0.6) is 5.75 Å². The number of nitrogens with one attached hydrogen (secondary N) is 1. The van der Waals surface area contributed by atoms with E-state index in [-0.39, 0.29) is 18.0 Å². The summed E-state index contributed by atoms with van der Waals surface area (Å²) in [6, 6.07) is 22.2. The average molecular weight is 630 g/mol. The van der Waals surface area contributed by atoms with Gasteiger partial charge in [0, 0.05) is 22.0 Å². The van der Waals surface area contributed by atoms with Gasteiger partial charge in [0.1, 0.15) is 17.5 Å². The number of anilines is 2. The van der Waals surface area contributed by atoms with Gasteiger partial charge in [-0.1, -0.05) is 59.5 Å². The lowest BCUT2D eigenvalue weighted by Crippen LogP contribution is -2.33. The molecule has 4 aromatic rings. The minimum Gasteiger partial charge on any atom is -0.496 e. The van der Waals surface area contributed by atoms with Crippen LogP contribution in [0.4, 0.5) is 11.4 Å². The molecule has 0 unspecified atom stereocenters. The number of imide groups is 1. The van der Waals surface area contributed by atoms with Gasteiger partial charge < -0.3 is 14.8 Å². The van der Waals surface area contributed by atoms with E-state index in [9.17, 15) is 24.0 Å². The standard InChI is InChI=1S/C32H27N3O7S2/c1-3-42-31(39)18-13-15-20(16-14-18)35-28(37)25-24(21-11-7-8-12-22(21)41-2)27-30(43-26(25)29(35)38)34(32(40)44-27)17-23(36)33-19-9-5-4-6-10-19/h4-16,24-26H,3,17H2,1-2H3,(H,33,36)/t24-,25-,26+/m0/s1. The SMILES string of the molecule is CCOC(=O)c1ccc(N2C(=O)[C@H]3[C@H](c4ccccc4OC)c4sc(=O)n(CC(=O)Nc5ccccc5)c4S[C@H]3C2=O)cc1. The lowest BCUT2D eigenvalue weighted by atomic mass is 9.82. The summed E-state index contributed by atoms with van der Waals surface area (Å²) in [6.07, 6.45) is 0. The summed E-state index contributed by atoms with van der Waals surface area (Å²) < 4.78 is 12.1. The normalized spacial score (nSPS) is 18.9. The maximum atomic E-state index is 14.2. The maximum absolute atomic E-state index is 14.2. The van der Waals surface area contributed by atoms with Gasteiger partial charge in [0.15, 0.2) is 0 Å². The van der Waals surface area contributed by atoms with Gasteiger partial charge in [-0.2, -0.15) is 0 Å². The van der Waals surface area contributed by atoms with E-state index in [1.807, 2.05) is 18.2 Å². The highest BCUT2D eigenvalue weighted by Crippen LogP contribution is 2.55. The van der Waals surface area contributed by atoms with Gasteiger partial charge in [-0.15, -0.1) is 0 Å². The molecule has 1 aromatic heterocycles. The summed E-state index contributed by atoms with van der Waals surface area (Å²) in [5, 5.41) is 2.41. The number of hydrogen-bond acceptors (Lipinski definition) is 9. The van der Waals surface area contributed by atoms with Gasteiger partial charge in [-0.25, -0.2) is 9.69 Å². The topological polar surface area (TPSA) is 124 Å². The lowest BCUT2D eigenvalue weighted by Gasteiger charge is -2.31. The monoisotopic (exact) mass is 629 g/mol. The Morgan fingerprint density at radius 2 is 1.61 bits per heavy atom. The molecule has 0 spiro atoms. The van der Waals surface area contributed by atoms with E-state index in [0.29, 0.717) is 38.2 Å². The first-order chi connectivity index (χ1) is 21.3. The minimum absolute atomic E-state index is 0.220. The van der Waals surface area contributed by atoms with Gasteiger partial charge in [0.2, 0.25) is 17.7 Å². The predicted octanol–water partition coefficient (Wildman–Crippen LogP) is 4.53. The van der Waals surface area contributed by atoms with Crippen LogP contribution in [0.25, 0.3) is 0 Å². The molecule has 2 aliphatic heterocycles. The number of methoxy groups -OCH3 is 1. The van der Waals surface area contributed by atoms with Gasteiger partial charge in [0.05, 0.1) is 35.9 Å². The summed E-state index contributed by atoms with van der Waals surface area (Å²) in [7, 11) is 1.52. The number of carbonyl (C=O) groups is 4. The molecule has 6 rings (SSSR count). The molecule has 2 aliphatic rings. The molecular weight excluding hydrogens is 603 g/mol. The van der Waals surface area contributed by atoms with E-state index >= 15 is 0 Å². The highest BCUT2D eigenvalue weighted by Gasteiger charge is 2.57. The van der Waals surface area contributed by atoms with Crippen LogP contribution in [0.15, 0.2) is 88.7 Å². The summed E-state index contributed by atoms with van der Waals surface area (Å²) in [5.41, 5.74) is 1.88. The molecule has 1 N–H and O–H groups in total. The maximum Gasteiger partial charge on any atom is 0.338 e. The number of aromatic nitrogens is 1. The van der Waals surface area contributed by atoms with Crippen molar-refractivity contribution in [2.75, 3.05) is 23.9 Å². The quantitative estimate of drug-likeness (QED) is 0.223. The first-order valence-electron chi connectivity index (χ1n) is 13.8. The number of benzene rings is 3. The molecule has 0 saturated carbocycles. The number of rotatable bonds is 8. The number of thioether (sulfide) groups is 1. The molecule has 224 valence electrons. The second-order valence-electron chi connectivity index (χ2n) is 10.1. The van der Waals surface area contributed by atoms with E-state index in [2.05, 4.69) is 5.32 Å². The van der Waals surface area contributed by atoms with E-state index in [1.165, 1.54) is 23.8 Å². The third-order valence-corrected chi connectivity index (χ3v) is 10.1. The highest BCUT2D eigenvalue weighted by atomic mass is 32.2. The van der Waals surface area contributed by atoms with Crippen LogP contribution in [0, 0.1) is 5.92 Å². The molecule has 44 heavy (non-hydrogen) atoms. The number of ether oxygens (including phenoxy) is 2. The van der Waals surface area contributed by atoms with Crippen LogP contribution in [0.2, 0.25) is 0 Å². The van der Waals surface area contributed by atoms with Crippen LogP contribution in [-0.2, 0) is 25.7 Å². The molecule has 1 saturated heterocycles. The van der Waals surface area contributed by atoms with E-state index in [4.69, 9.17) is 9.47 Å². The second kappa shape index (κ2) is 12.1. The van der Waals surface area contributed by atoms with Crippen molar-refractivity contribution in [3.63, 3.8) is 0 Å². The van der Waals surface area contributed by atoms with Gasteiger partial charge in [-0.3, -0.25) is 23.7 Å². The molecule has 0 radical (unpaired) electrons.